The van der Waals surface area contributed by atoms with Crippen LogP contribution < -0.4 is 0 Å². The molecule has 2 atom stereocenters. The fourth-order valence-electron chi connectivity index (χ4n) is 1.44. The maximum atomic E-state index is 5.50. The van der Waals surface area contributed by atoms with Gasteiger partial charge >= 0.3 is 0 Å². The Kier molecular flexibility index (Phi) is 1.90. The van der Waals surface area contributed by atoms with E-state index in [0.717, 1.165) is 6.54 Å². The maximum Gasteiger partial charge on any atom is 0.125 e. The zero-order valence-electron chi connectivity index (χ0n) is 7.45. The molecule has 0 saturated carbocycles. The normalized spacial score (nSPS) is 27.9. The van der Waals surface area contributed by atoms with Gasteiger partial charge in [-0.1, -0.05) is 0 Å². The van der Waals surface area contributed by atoms with Crippen LogP contribution in [0.2, 0.25) is 0 Å². The second-order valence-corrected chi connectivity index (χ2v) is 3.48. The Morgan fingerprint density at radius 1 is 1.58 bits per heavy atom. The lowest BCUT2D eigenvalue weighted by molar-refractivity contribution is 0.313. The van der Waals surface area contributed by atoms with Crippen molar-refractivity contribution >= 4 is 0 Å². The van der Waals surface area contributed by atoms with E-state index in [-0.39, 0.29) is 0 Å². The number of likely N-dealkylation sites (N-methyl/N-ethyl adjacent to an activating group) is 1. The highest BCUT2D eigenvalue weighted by molar-refractivity contribution is 5.14. The first kappa shape index (κ1) is 7.83. The van der Waals surface area contributed by atoms with E-state index in [2.05, 4.69) is 30.0 Å². The molecule has 2 rings (SSSR count). The minimum absolute atomic E-state index is 0.308. The van der Waals surface area contributed by atoms with Crippen molar-refractivity contribution in [3.8, 4) is 0 Å². The minimum Gasteiger partial charge on any atom is -0.363 e. The topological polar surface area (TPSA) is 31.6 Å². The van der Waals surface area contributed by atoms with Crippen LogP contribution in [0.3, 0.4) is 0 Å². The van der Waals surface area contributed by atoms with Gasteiger partial charge in [0.15, 0.2) is 0 Å². The molecule has 0 spiro atoms. The molecule has 1 saturated heterocycles. The lowest BCUT2D eigenvalue weighted by atomic mass is 10.2. The lowest BCUT2D eigenvalue weighted by Crippen LogP contribution is -2.18. The Labute approximate surface area is 72.3 Å². The zero-order valence-corrected chi connectivity index (χ0v) is 7.45. The van der Waals surface area contributed by atoms with E-state index in [4.69, 9.17) is 4.74 Å². The molecule has 66 valence electrons. The number of nitrogens with zero attached hydrogens (tertiary/aromatic N) is 1. The van der Waals surface area contributed by atoms with E-state index in [9.17, 15) is 0 Å². The summed E-state index contributed by atoms with van der Waals surface area (Å²) in [5.41, 5.74) is 1.20. The summed E-state index contributed by atoms with van der Waals surface area (Å²) < 4.78 is 5.50. The lowest BCUT2D eigenvalue weighted by Gasteiger charge is -2.04. The van der Waals surface area contributed by atoms with E-state index in [1.807, 2.05) is 12.3 Å². The second kappa shape index (κ2) is 2.92. The predicted octanol–water partition coefficient (Wildman–Crippen LogP) is 1.02. The van der Waals surface area contributed by atoms with Crippen LogP contribution in [0.25, 0.3) is 0 Å². The molecule has 3 heteroatoms. The molecule has 1 aliphatic rings. The van der Waals surface area contributed by atoms with Gasteiger partial charge in [0.25, 0.3) is 0 Å². The summed E-state index contributed by atoms with van der Waals surface area (Å²) in [7, 11) is 4.13. The number of hydrogen-bond donors (Lipinski definition) is 1. The smallest absolute Gasteiger partial charge is 0.125 e. The molecule has 2 unspecified atom stereocenters. The van der Waals surface area contributed by atoms with Crippen LogP contribution in [-0.2, 0) is 4.74 Å². The number of aromatic nitrogens is 1. The molecule has 3 nitrogen and oxygen atoms in total. The van der Waals surface area contributed by atoms with Gasteiger partial charge < -0.3 is 14.6 Å². The van der Waals surface area contributed by atoms with Crippen LogP contribution >= 0.6 is 0 Å². The van der Waals surface area contributed by atoms with Crippen molar-refractivity contribution in [1.29, 1.82) is 0 Å². The summed E-state index contributed by atoms with van der Waals surface area (Å²) in [6.45, 7) is 1.00. The third kappa shape index (κ3) is 1.52. The first-order valence-corrected chi connectivity index (χ1v) is 4.21. The van der Waals surface area contributed by atoms with Crippen molar-refractivity contribution in [3.63, 3.8) is 0 Å². The predicted molar refractivity (Wildman–Crippen MR) is 47.0 cm³/mol. The van der Waals surface area contributed by atoms with Crippen LogP contribution in [0.15, 0.2) is 18.3 Å². The highest BCUT2D eigenvalue weighted by atomic mass is 16.6. The molecular weight excluding hydrogens is 152 g/mol. The highest BCUT2D eigenvalue weighted by Gasteiger charge is 2.40. The maximum absolute atomic E-state index is 5.50. The zero-order chi connectivity index (χ0) is 8.55. The second-order valence-electron chi connectivity index (χ2n) is 3.48. The fourth-order valence-corrected chi connectivity index (χ4v) is 1.44. The number of ether oxygens (including phenoxy) is 1. The molecule has 12 heavy (non-hydrogen) atoms. The molecule has 1 fully saturated rings. The Morgan fingerprint density at radius 2 is 2.42 bits per heavy atom. The average molecular weight is 166 g/mol. The van der Waals surface area contributed by atoms with Crippen molar-refractivity contribution in [1.82, 2.24) is 9.88 Å². The van der Waals surface area contributed by atoms with Crippen molar-refractivity contribution in [2.24, 2.45) is 0 Å². The highest BCUT2D eigenvalue weighted by Crippen LogP contribution is 2.37. The summed E-state index contributed by atoms with van der Waals surface area (Å²) in [4.78, 5) is 5.31. The van der Waals surface area contributed by atoms with E-state index in [1.54, 1.807) is 0 Å². The third-order valence-corrected chi connectivity index (χ3v) is 2.06. The fraction of sp³-hybridized carbons (Fsp3) is 0.556. The largest absolute Gasteiger partial charge is 0.363 e. The van der Waals surface area contributed by atoms with E-state index in [0.29, 0.717) is 12.2 Å². The van der Waals surface area contributed by atoms with Gasteiger partial charge in [-0.2, -0.15) is 0 Å². The molecule has 0 radical (unpaired) electrons. The number of hydrogen-bond acceptors (Lipinski definition) is 2. The summed E-state index contributed by atoms with van der Waals surface area (Å²) in [5, 5.41) is 0. The van der Waals surface area contributed by atoms with Crippen LogP contribution in [0.5, 0.6) is 0 Å². The van der Waals surface area contributed by atoms with Gasteiger partial charge in [-0.05, 0) is 26.2 Å². The SMILES string of the molecule is CN(C)CC1OC1c1ccc[nH]1. The number of nitrogens with one attached hydrogen (secondary N) is 1. The Hall–Kier alpha value is -0.800. The summed E-state index contributed by atoms with van der Waals surface area (Å²) in [6.07, 6.45) is 2.63. The monoisotopic (exact) mass is 166 g/mol. The van der Waals surface area contributed by atoms with Crippen LogP contribution in [0, 0.1) is 0 Å². The minimum atomic E-state index is 0.308. The Bertz CT molecular complexity index is 243. The van der Waals surface area contributed by atoms with Crippen LogP contribution in [0.4, 0.5) is 0 Å². The standard InChI is InChI=1S/C9H14N2O/c1-11(2)6-8-9(12-8)7-4-3-5-10-7/h3-5,8-10H,6H2,1-2H3. The molecule has 0 amide bonds. The van der Waals surface area contributed by atoms with Crippen molar-refractivity contribution in [2.75, 3.05) is 20.6 Å². The van der Waals surface area contributed by atoms with Gasteiger partial charge in [-0.15, -0.1) is 0 Å². The average Bonchev–Trinajstić information content (AvgIpc) is 2.59. The van der Waals surface area contributed by atoms with Gasteiger partial charge in [0, 0.05) is 18.4 Å². The van der Waals surface area contributed by atoms with Crippen molar-refractivity contribution < 1.29 is 4.74 Å². The molecule has 2 heterocycles. The quantitative estimate of drug-likeness (QED) is 0.680. The van der Waals surface area contributed by atoms with Gasteiger partial charge in [-0.25, -0.2) is 0 Å². The van der Waals surface area contributed by atoms with Gasteiger partial charge in [0.05, 0.1) is 0 Å². The number of rotatable bonds is 3. The number of aromatic amines is 1. The molecular formula is C9H14N2O. The summed E-state index contributed by atoms with van der Waals surface area (Å²) in [5.74, 6) is 0. The summed E-state index contributed by atoms with van der Waals surface area (Å²) in [6, 6.07) is 4.07. The molecule has 1 aromatic heterocycles. The van der Waals surface area contributed by atoms with Gasteiger partial charge in [0.2, 0.25) is 0 Å². The van der Waals surface area contributed by atoms with E-state index >= 15 is 0 Å². The summed E-state index contributed by atoms with van der Waals surface area (Å²) >= 11 is 0. The first-order chi connectivity index (χ1) is 5.77. The van der Waals surface area contributed by atoms with Crippen molar-refractivity contribution in [3.05, 3.63) is 24.0 Å². The van der Waals surface area contributed by atoms with E-state index in [1.165, 1.54) is 5.69 Å². The molecule has 0 bridgehead atoms. The molecule has 1 aromatic rings. The van der Waals surface area contributed by atoms with Crippen molar-refractivity contribution in [2.45, 2.75) is 12.2 Å². The van der Waals surface area contributed by atoms with Gasteiger partial charge in [0.1, 0.15) is 12.2 Å². The number of epoxide rings is 1. The molecule has 0 aliphatic carbocycles. The Morgan fingerprint density at radius 3 is 3.00 bits per heavy atom. The molecule has 1 N–H and O–H groups in total. The van der Waals surface area contributed by atoms with Crippen LogP contribution in [-0.4, -0.2) is 36.6 Å². The Balaban J connectivity index is 1.88. The number of H-pyrrole nitrogens is 1. The van der Waals surface area contributed by atoms with Gasteiger partial charge in [-0.3, -0.25) is 0 Å². The third-order valence-electron chi connectivity index (χ3n) is 2.06. The molecule has 0 aromatic carbocycles. The first-order valence-electron chi connectivity index (χ1n) is 4.21. The molecule has 1 aliphatic heterocycles. The van der Waals surface area contributed by atoms with E-state index < -0.39 is 0 Å². The van der Waals surface area contributed by atoms with Crippen LogP contribution in [0.1, 0.15) is 11.8 Å².